The monoisotopic (exact) mass is 272 g/mol. The van der Waals surface area contributed by atoms with Crippen molar-refractivity contribution in [3.8, 4) is 5.75 Å². The molecule has 2 rings (SSSR count). The molecule has 0 aliphatic rings. The highest BCUT2D eigenvalue weighted by atomic mass is 16.5. The number of carbonyl (C=O) groups is 1. The number of hydrogen-bond donors (Lipinski definition) is 1. The van der Waals surface area contributed by atoms with Crippen LogP contribution in [0.25, 0.3) is 0 Å². The minimum atomic E-state index is -0.198. The van der Waals surface area contributed by atoms with Crippen LogP contribution in [-0.2, 0) is 11.3 Å². The minimum absolute atomic E-state index is 0.198. The highest BCUT2D eigenvalue weighted by Gasteiger charge is 2.03. The first-order chi connectivity index (χ1) is 9.69. The van der Waals surface area contributed by atoms with Gasteiger partial charge in [-0.2, -0.15) is 5.10 Å². The van der Waals surface area contributed by atoms with Gasteiger partial charge >= 0.3 is 0 Å². The van der Waals surface area contributed by atoms with Crippen molar-refractivity contribution < 1.29 is 9.53 Å². The van der Waals surface area contributed by atoms with Crippen molar-refractivity contribution in [3.63, 3.8) is 0 Å². The number of aryl methyl sites for hydroxylation is 1. The highest BCUT2D eigenvalue weighted by molar-refractivity contribution is 5.82. The van der Waals surface area contributed by atoms with Crippen LogP contribution in [0.5, 0.6) is 5.75 Å². The highest BCUT2D eigenvalue weighted by Crippen LogP contribution is 2.09. The summed E-state index contributed by atoms with van der Waals surface area (Å²) in [5, 5.41) is 3.91. The average molecular weight is 272 g/mol. The van der Waals surface area contributed by atoms with Gasteiger partial charge in [-0.3, -0.25) is 4.79 Å². The number of hydrogen-bond acceptors (Lipinski definition) is 4. The van der Waals surface area contributed by atoms with E-state index in [1.54, 1.807) is 30.3 Å². The molecule has 0 saturated heterocycles. The lowest BCUT2D eigenvalue weighted by atomic mass is 10.2. The van der Waals surface area contributed by atoms with Crippen molar-refractivity contribution in [3.05, 3.63) is 48.0 Å². The minimum Gasteiger partial charge on any atom is -0.497 e. The topological polar surface area (TPSA) is 68.5 Å². The Morgan fingerprint density at radius 3 is 2.80 bits per heavy atom. The molecule has 0 saturated carbocycles. The van der Waals surface area contributed by atoms with Gasteiger partial charge in [-0.15, -0.1) is 0 Å². The van der Waals surface area contributed by atoms with Gasteiger partial charge in [-0.1, -0.05) is 0 Å². The molecule has 6 nitrogen and oxygen atoms in total. The maximum Gasteiger partial charge on any atom is 0.260 e. The summed E-state index contributed by atoms with van der Waals surface area (Å²) in [4.78, 5) is 15.7. The van der Waals surface area contributed by atoms with Crippen LogP contribution >= 0.6 is 0 Å². The summed E-state index contributed by atoms with van der Waals surface area (Å²) >= 11 is 0. The second-order valence-corrected chi connectivity index (χ2v) is 4.17. The van der Waals surface area contributed by atoms with Crippen molar-refractivity contribution >= 4 is 12.1 Å². The van der Waals surface area contributed by atoms with E-state index >= 15 is 0 Å². The van der Waals surface area contributed by atoms with Crippen molar-refractivity contribution in [1.29, 1.82) is 0 Å². The number of methoxy groups -OCH3 is 1. The van der Waals surface area contributed by atoms with E-state index in [0.29, 0.717) is 0 Å². The number of hydrazone groups is 1. The maximum absolute atomic E-state index is 11.7. The molecule has 104 valence electrons. The molecule has 1 amide bonds. The molecule has 0 spiro atoms. The Labute approximate surface area is 117 Å². The molecule has 1 aromatic heterocycles. The smallest absolute Gasteiger partial charge is 0.260 e. The van der Waals surface area contributed by atoms with E-state index in [2.05, 4.69) is 15.5 Å². The average Bonchev–Trinajstić information content (AvgIpc) is 2.85. The first-order valence-electron chi connectivity index (χ1n) is 6.13. The number of amides is 1. The van der Waals surface area contributed by atoms with E-state index in [0.717, 1.165) is 17.1 Å². The molecule has 0 aliphatic carbocycles. The Morgan fingerprint density at radius 1 is 1.45 bits per heavy atom. The largest absolute Gasteiger partial charge is 0.497 e. The predicted molar refractivity (Wildman–Crippen MR) is 75.7 cm³/mol. The molecule has 6 heteroatoms. The molecule has 2 aromatic rings. The van der Waals surface area contributed by atoms with E-state index in [1.807, 2.05) is 31.2 Å². The van der Waals surface area contributed by atoms with Crippen molar-refractivity contribution in [1.82, 2.24) is 15.0 Å². The number of benzene rings is 1. The molecule has 20 heavy (non-hydrogen) atoms. The fraction of sp³-hybridized carbons (Fsp3) is 0.214. The van der Waals surface area contributed by atoms with Crippen LogP contribution in [0, 0.1) is 6.92 Å². The zero-order valence-corrected chi connectivity index (χ0v) is 11.4. The third-order valence-corrected chi connectivity index (χ3v) is 2.76. The molecule has 0 radical (unpaired) electrons. The van der Waals surface area contributed by atoms with Crippen LogP contribution in [0.2, 0.25) is 0 Å². The number of ether oxygens (including phenoxy) is 1. The molecule has 0 unspecified atom stereocenters. The summed E-state index contributed by atoms with van der Waals surface area (Å²) < 4.78 is 6.81. The number of rotatable bonds is 5. The number of nitrogens with zero attached hydrogens (tertiary/aromatic N) is 3. The van der Waals surface area contributed by atoms with E-state index in [1.165, 1.54) is 0 Å². The fourth-order valence-electron chi connectivity index (χ4n) is 1.63. The van der Waals surface area contributed by atoms with Gasteiger partial charge in [0, 0.05) is 12.4 Å². The van der Waals surface area contributed by atoms with E-state index in [-0.39, 0.29) is 12.5 Å². The number of aromatic nitrogens is 2. The summed E-state index contributed by atoms with van der Waals surface area (Å²) in [6.07, 6.45) is 4.99. The van der Waals surface area contributed by atoms with Gasteiger partial charge in [-0.25, -0.2) is 10.4 Å². The molecule has 1 heterocycles. The first kappa shape index (κ1) is 13.8. The summed E-state index contributed by atoms with van der Waals surface area (Å²) in [5.74, 6) is 1.37. The summed E-state index contributed by atoms with van der Waals surface area (Å²) in [6, 6.07) is 7.37. The fourth-order valence-corrected chi connectivity index (χ4v) is 1.63. The molecular formula is C14H16N4O2. The third kappa shape index (κ3) is 3.68. The van der Waals surface area contributed by atoms with Gasteiger partial charge in [0.15, 0.2) is 0 Å². The first-order valence-corrected chi connectivity index (χ1v) is 6.13. The second-order valence-electron chi connectivity index (χ2n) is 4.17. The van der Waals surface area contributed by atoms with Crippen LogP contribution in [0.1, 0.15) is 11.4 Å². The van der Waals surface area contributed by atoms with Crippen molar-refractivity contribution in [2.45, 2.75) is 13.5 Å². The Bertz CT molecular complexity index is 602. The van der Waals surface area contributed by atoms with Crippen LogP contribution in [0.3, 0.4) is 0 Å². The Balaban J connectivity index is 1.86. The quantitative estimate of drug-likeness (QED) is 0.660. The summed E-state index contributed by atoms with van der Waals surface area (Å²) in [5.41, 5.74) is 3.36. The lowest BCUT2D eigenvalue weighted by molar-refractivity contribution is -0.121. The van der Waals surface area contributed by atoms with Gasteiger partial charge < -0.3 is 9.30 Å². The Kier molecular flexibility index (Phi) is 4.49. The Morgan fingerprint density at radius 2 is 2.20 bits per heavy atom. The third-order valence-electron chi connectivity index (χ3n) is 2.76. The van der Waals surface area contributed by atoms with E-state index in [4.69, 9.17) is 4.74 Å². The SMILES string of the molecule is COc1ccc(/C=N/NC(=O)Cn2ccnc2C)cc1. The van der Waals surface area contributed by atoms with Gasteiger partial charge in [0.2, 0.25) is 0 Å². The van der Waals surface area contributed by atoms with Crippen molar-refractivity contribution in [2.24, 2.45) is 5.10 Å². The normalized spacial score (nSPS) is 10.7. The molecule has 0 bridgehead atoms. The van der Waals surface area contributed by atoms with Crippen LogP contribution in [0.15, 0.2) is 41.8 Å². The standard InChI is InChI=1S/C14H16N4O2/c1-11-15-7-8-18(11)10-14(19)17-16-9-12-3-5-13(20-2)6-4-12/h3-9H,10H2,1-2H3,(H,17,19)/b16-9+. The van der Waals surface area contributed by atoms with Crippen molar-refractivity contribution in [2.75, 3.05) is 7.11 Å². The maximum atomic E-state index is 11.7. The lowest BCUT2D eigenvalue weighted by Gasteiger charge is -2.03. The Hall–Kier alpha value is -2.63. The predicted octanol–water partition coefficient (Wildman–Crippen LogP) is 1.35. The van der Waals surface area contributed by atoms with Crippen LogP contribution < -0.4 is 10.2 Å². The molecule has 0 fully saturated rings. The zero-order valence-electron chi connectivity index (χ0n) is 11.4. The molecular weight excluding hydrogens is 256 g/mol. The zero-order chi connectivity index (χ0) is 14.4. The summed E-state index contributed by atoms with van der Waals surface area (Å²) in [6.45, 7) is 2.04. The van der Waals surface area contributed by atoms with Gasteiger partial charge in [0.1, 0.15) is 18.1 Å². The number of imidazole rings is 1. The molecule has 1 aromatic carbocycles. The lowest BCUT2D eigenvalue weighted by Crippen LogP contribution is -2.23. The number of carbonyl (C=O) groups excluding carboxylic acids is 1. The summed E-state index contributed by atoms with van der Waals surface area (Å²) in [7, 11) is 1.61. The van der Waals surface area contributed by atoms with Gasteiger partial charge in [0.05, 0.1) is 13.3 Å². The van der Waals surface area contributed by atoms with Gasteiger partial charge in [-0.05, 0) is 36.8 Å². The van der Waals surface area contributed by atoms with E-state index < -0.39 is 0 Å². The second kappa shape index (κ2) is 6.51. The van der Waals surface area contributed by atoms with Gasteiger partial charge in [0.25, 0.3) is 5.91 Å². The van der Waals surface area contributed by atoms with E-state index in [9.17, 15) is 4.79 Å². The molecule has 0 atom stereocenters. The van der Waals surface area contributed by atoms with Crippen LogP contribution in [-0.4, -0.2) is 28.8 Å². The van der Waals surface area contributed by atoms with Crippen LogP contribution in [0.4, 0.5) is 0 Å². The molecule has 0 aliphatic heterocycles. The molecule has 1 N–H and O–H groups in total. The number of nitrogens with one attached hydrogen (secondary N) is 1.